The van der Waals surface area contributed by atoms with Gasteiger partial charge in [-0.1, -0.05) is 42.3 Å². The van der Waals surface area contributed by atoms with E-state index in [0.717, 1.165) is 79.9 Å². The molecular weight excluding hydrogens is 674 g/mol. The highest BCUT2D eigenvalue weighted by Gasteiger charge is 2.65. The number of hydrogen-bond acceptors (Lipinski definition) is 10. The maximum Gasteiger partial charge on any atom is 0.239 e. The van der Waals surface area contributed by atoms with Gasteiger partial charge in [0.1, 0.15) is 37.0 Å². The van der Waals surface area contributed by atoms with Gasteiger partial charge in [-0.2, -0.15) is 0 Å². The number of amides is 1. The third-order valence-electron chi connectivity index (χ3n) is 11.4. The minimum absolute atomic E-state index is 0.0905. The largest absolute Gasteiger partial charge is 0.497 e. The van der Waals surface area contributed by atoms with E-state index in [4.69, 9.17) is 23.8 Å². The smallest absolute Gasteiger partial charge is 0.239 e. The van der Waals surface area contributed by atoms with Gasteiger partial charge in [-0.3, -0.25) is 9.69 Å². The number of nitrogens with zero attached hydrogens (tertiary/aromatic N) is 3. The summed E-state index contributed by atoms with van der Waals surface area (Å²) in [7, 11) is 5.00. The lowest BCUT2D eigenvalue weighted by molar-refractivity contribution is -0.255. The molecule has 2 aromatic rings. The van der Waals surface area contributed by atoms with Crippen molar-refractivity contribution in [3.63, 3.8) is 0 Å². The molecule has 2 aromatic carbocycles. The third-order valence-corrected chi connectivity index (χ3v) is 11.4. The van der Waals surface area contributed by atoms with Gasteiger partial charge in [0.25, 0.3) is 0 Å². The molecule has 11 heteroatoms. The first-order valence-electron chi connectivity index (χ1n) is 19.2. The molecule has 0 radical (unpaired) electrons. The second kappa shape index (κ2) is 18.0. The summed E-state index contributed by atoms with van der Waals surface area (Å²) in [5.74, 6) is 0.690. The molecule has 2 N–H and O–H groups in total. The zero-order chi connectivity index (χ0) is 37.4. The molecular formula is C42H57N3O8. The van der Waals surface area contributed by atoms with Gasteiger partial charge < -0.3 is 38.9 Å². The lowest BCUT2D eigenvalue weighted by Gasteiger charge is -2.59. The van der Waals surface area contributed by atoms with E-state index in [9.17, 15) is 15.0 Å². The molecule has 1 amide bonds. The Morgan fingerprint density at radius 1 is 1.08 bits per heavy atom. The number of aliphatic hydroxyl groups excluding tert-OH is 2. The summed E-state index contributed by atoms with van der Waals surface area (Å²) >= 11 is 0. The van der Waals surface area contributed by atoms with E-state index < -0.39 is 11.8 Å². The second-order valence-corrected chi connectivity index (χ2v) is 14.7. The zero-order valence-electron chi connectivity index (χ0n) is 31.6. The highest BCUT2D eigenvalue weighted by molar-refractivity contribution is 6.03. The highest BCUT2D eigenvalue weighted by Crippen LogP contribution is 2.61. The molecule has 6 rings (SSSR count). The quantitative estimate of drug-likeness (QED) is 0.0803. The molecule has 4 aliphatic rings. The molecule has 11 nitrogen and oxygen atoms in total. The van der Waals surface area contributed by atoms with Crippen LogP contribution in [0.1, 0.15) is 62.0 Å². The number of rotatable bonds is 20. The van der Waals surface area contributed by atoms with Crippen LogP contribution >= 0.6 is 0 Å². The Morgan fingerprint density at radius 2 is 1.87 bits per heavy atom. The second-order valence-electron chi connectivity index (χ2n) is 14.7. The van der Waals surface area contributed by atoms with Crippen LogP contribution in [0.3, 0.4) is 0 Å². The number of ether oxygens (including phenoxy) is 4. The predicted molar refractivity (Wildman–Crippen MR) is 203 cm³/mol. The number of methoxy groups -OCH3 is 1. The summed E-state index contributed by atoms with van der Waals surface area (Å²) < 4.78 is 25.9. The van der Waals surface area contributed by atoms with Crippen molar-refractivity contribution in [2.45, 2.75) is 69.1 Å². The summed E-state index contributed by atoms with van der Waals surface area (Å²) in [5.41, 5.74) is 3.67. The Bertz CT molecular complexity index is 1620. The van der Waals surface area contributed by atoms with Crippen LogP contribution < -0.4 is 14.2 Å². The lowest BCUT2D eigenvalue weighted by Crippen LogP contribution is -2.69. The summed E-state index contributed by atoms with van der Waals surface area (Å²) in [6, 6.07) is 13.1. The average Bonchev–Trinajstić information content (AvgIpc) is 4.00. The number of likely N-dealkylation sites (N-methyl/N-ethyl adjacent to an activating group) is 1. The molecule has 6 atom stereocenters. The van der Waals surface area contributed by atoms with Crippen molar-refractivity contribution < 1.29 is 38.8 Å². The first-order valence-corrected chi connectivity index (χ1v) is 19.2. The van der Waals surface area contributed by atoms with Gasteiger partial charge >= 0.3 is 0 Å². The van der Waals surface area contributed by atoms with Crippen molar-refractivity contribution >= 4 is 11.6 Å². The molecule has 53 heavy (non-hydrogen) atoms. The normalized spacial score (nSPS) is 26.5. The summed E-state index contributed by atoms with van der Waals surface area (Å²) in [6.07, 6.45) is 9.52. The lowest BCUT2D eigenvalue weighted by atomic mass is 9.55. The van der Waals surface area contributed by atoms with E-state index in [1.165, 1.54) is 0 Å². The van der Waals surface area contributed by atoms with E-state index in [2.05, 4.69) is 28.8 Å². The number of hydrogen-bond donors (Lipinski definition) is 2. The first-order chi connectivity index (χ1) is 25.9. The highest BCUT2D eigenvalue weighted by atomic mass is 16.7. The SMILES string of the molecule is C=CCO[C@@]12Oc3ccc(OCCN4CC4)cc3[C@H]3[C@H](CCCCO)[C@@H](CCCCO)C=C(C(=NOC)C[C@@H]1N(C)C(=O)Cc1cccc(OC)c1)[C@H]32. The van der Waals surface area contributed by atoms with Crippen molar-refractivity contribution in [3.8, 4) is 17.2 Å². The molecule has 0 unspecified atom stereocenters. The van der Waals surface area contributed by atoms with Crippen LogP contribution in [0.15, 0.2) is 71.9 Å². The van der Waals surface area contributed by atoms with Gasteiger partial charge in [0.15, 0.2) is 0 Å². The monoisotopic (exact) mass is 731 g/mol. The maximum absolute atomic E-state index is 14.3. The van der Waals surface area contributed by atoms with Crippen LogP contribution in [0.25, 0.3) is 0 Å². The molecule has 1 saturated carbocycles. The molecule has 0 spiro atoms. The van der Waals surface area contributed by atoms with E-state index in [-0.39, 0.29) is 55.8 Å². The zero-order valence-corrected chi connectivity index (χ0v) is 31.6. The van der Waals surface area contributed by atoms with Crippen molar-refractivity contribution in [1.82, 2.24) is 9.80 Å². The minimum Gasteiger partial charge on any atom is -0.497 e. The fourth-order valence-corrected chi connectivity index (χ4v) is 8.77. The maximum atomic E-state index is 14.3. The van der Waals surface area contributed by atoms with Crippen LogP contribution in [-0.4, -0.2) is 111 Å². The molecule has 0 bridgehead atoms. The van der Waals surface area contributed by atoms with Crippen molar-refractivity contribution in [2.24, 2.45) is 22.9 Å². The number of aliphatic hydroxyl groups is 2. The molecule has 1 saturated heterocycles. The van der Waals surface area contributed by atoms with Crippen molar-refractivity contribution in [1.29, 1.82) is 0 Å². The van der Waals surface area contributed by atoms with Crippen molar-refractivity contribution in [2.75, 3.05) is 67.3 Å². The number of oxime groups is 1. The number of carbonyl (C=O) groups is 1. The molecule has 2 heterocycles. The molecule has 0 aromatic heterocycles. The average molecular weight is 732 g/mol. The topological polar surface area (TPSA) is 122 Å². The van der Waals surface area contributed by atoms with Gasteiger partial charge in [-0.15, -0.1) is 6.58 Å². The number of allylic oxidation sites excluding steroid dienone is 1. The minimum atomic E-state index is -1.28. The van der Waals surface area contributed by atoms with Crippen molar-refractivity contribution in [3.05, 3.63) is 77.9 Å². The van der Waals surface area contributed by atoms with Crippen LogP contribution in [-0.2, 0) is 20.8 Å². The van der Waals surface area contributed by atoms with E-state index in [1.54, 1.807) is 25.2 Å². The number of carbonyl (C=O) groups excluding carboxylic acids is 1. The number of unbranched alkanes of at least 4 members (excludes halogenated alkanes) is 2. The Morgan fingerprint density at radius 3 is 2.58 bits per heavy atom. The Labute approximate surface area is 314 Å². The van der Waals surface area contributed by atoms with Crippen LogP contribution in [0.2, 0.25) is 0 Å². The molecule has 2 aliphatic heterocycles. The molecule has 2 fully saturated rings. The van der Waals surface area contributed by atoms with Gasteiger partial charge in [-0.05, 0) is 79.0 Å². The number of fused-ring (bicyclic) bond motifs is 2. The van der Waals surface area contributed by atoms with Crippen LogP contribution in [0.4, 0.5) is 0 Å². The van der Waals surface area contributed by atoms with E-state index in [0.29, 0.717) is 30.9 Å². The fourth-order valence-electron chi connectivity index (χ4n) is 8.77. The molecule has 288 valence electrons. The summed E-state index contributed by atoms with van der Waals surface area (Å²) in [5, 5.41) is 24.2. The van der Waals surface area contributed by atoms with Gasteiger partial charge in [0, 0.05) is 57.8 Å². The first kappa shape index (κ1) is 38.8. The standard InChI is InChI=1S/C42H57N3O8/c1-5-22-52-42-38(44(2)39(48)25-29-11-10-13-31(24-29)49-3)28-36(43-50-4)34-26-30(12-6-8-20-46)33(14-7-9-21-47)40(41(34)42)35-27-32(15-16-37(35)53-42)51-23-19-45-17-18-45/h5,10-11,13,15-16,24,26-27,30,33,38,40-41,46-47H,1,6-9,12,14,17-23,25,28H2,2-4H3/t30-,33+,38-,40+,41+,42+/m0/s1. The van der Waals surface area contributed by atoms with Gasteiger partial charge in [0.2, 0.25) is 11.7 Å². The number of benzene rings is 2. The van der Waals surface area contributed by atoms with Gasteiger partial charge in [0.05, 0.1) is 31.8 Å². The Balaban J connectivity index is 1.48. The van der Waals surface area contributed by atoms with E-state index >= 15 is 0 Å². The molecule has 2 aliphatic carbocycles. The van der Waals surface area contributed by atoms with Crippen LogP contribution in [0.5, 0.6) is 17.2 Å². The predicted octanol–water partition coefficient (Wildman–Crippen LogP) is 5.35. The Kier molecular flexibility index (Phi) is 13.1. The third kappa shape index (κ3) is 8.59. The Hall–Kier alpha value is -3.90. The summed E-state index contributed by atoms with van der Waals surface area (Å²) in [4.78, 5) is 23.9. The van der Waals surface area contributed by atoms with Crippen LogP contribution in [0, 0.1) is 17.8 Å². The fraction of sp³-hybridized carbons (Fsp3) is 0.571. The van der Waals surface area contributed by atoms with E-state index in [1.807, 2.05) is 43.4 Å². The van der Waals surface area contributed by atoms with Gasteiger partial charge in [-0.25, -0.2) is 0 Å². The summed E-state index contributed by atoms with van der Waals surface area (Å²) in [6.45, 7) is 8.20.